The second kappa shape index (κ2) is 10.8. The maximum atomic E-state index is 12.2. The number of hydrogen-bond donors (Lipinski definition) is 0. The molecule has 1 fully saturated rings. The Bertz CT molecular complexity index is 708. The van der Waals surface area contributed by atoms with Gasteiger partial charge in [0.1, 0.15) is 12.2 Å². The van der Waals surface area contributed by atoms with Crippen molar-refractivity contribution in [3.8, 4) is 0 Å². The Morgan fingerprint density at radius 2 is 1.90 bits per heavy atom. The predicted octanol–water partition coefficient (Wildman–Crippen LogP) is 3.04. The van der Waals surface area contributed by atoms with Gasteiger partial charge in [-0.2, -0.15) is 0 Å². The zero-order valence-corrected chi connectivity index (χ0v) is 18.9. The Morgan fingerprint density at radius 1 is 1.23 bits per heavy atom. The van der Waals surface area contributed by atoms with Crippen LogP contribution in [0.4, 0.5) is 0 Å². The molecule has 30 heavy (non-hydrogen) atoms. The summed E-state index contributed by atoms with van der Waals surface area (Å²) in [6, 6.07) is 0. The van der Waals surface area contributed by atoms with E-state index in [0.29, 0.717) is 25.0 Å². The van der Waals surface area contributed by atoms with E-state index in [1.54, 1.807) is 0 Å². The molecule has 4 atom stereocenters. The molecule has 0 aromatic heterocycles. The number of likely N-dealkylation sites (N-methyl/N-ethyl adjacent to an activating group) is 1. The number of carbonyl (C=O) groups is 3. The van der Waals surface area contributed by atoms with Crippen molar-refractivity contribution >= 4 is 17.9 Å². The fourth-order valence-electron chi connectivity index (χ4n) is 4.53. The van der Waals surface area contributed by atoms with Gasteiger partial charge in [-0.1, -0.05) is 27.4 Å². The average Bonchev–Trinajstić information content (AvgIpc) is 2.96. The third-order valence-electron chi connectivity index (χ3n) is 6.03. The largest absolute Gasteiger partial charge is 0.466 e. The van der Waals surface area contributed by atoms with E-state index in [0.717, 1.165) is 37.2 Å². The van der Waals surface area contributed by atoms with Gasteiger partial charge in [0.25, 0.3) is 0 Å². The number of carbonyl (C=O) groups excluding carboxylic acids is 3. The molecule has 7 nitrogen and oxygen atoms in total. The van der Waals surface area contributed by atoms with Crippen molar-refractivity contribution in [2.24, 2.45) is 11.8 Å². The van der Waals surface area contributed by atoms with Crippen molar-refractivity contribution in [3.63, 3.8) is 0 Å². The summed E-state index contributed by atoms with van der Waals surface area (Å²) in [5.41, 5.74) is 2.59. The Labute approximate surface area is 179 Å². The molecule has 1 aliphatic carbocycles. The van der Waals surface area contributed by atoms with E-state index in [1.807, 2.05) is 0 Å². The second-order valence-corrected chi connectivity index (χ2v) is 8.13. The van der Waals surface area contributed by atoms with E-state index >= 15 is 0 Å². The van der Waals surface area contributed by atoms with E-state index in [1.165, 1.54) is 13.8 Å². The van der Waals surface area contributed by atoms with Crippen LogP contribution in [0.5, 0.6) is 0 Å². The molecule has 0 bridgehead atoms. The lowest BCUT2D eigenvalue weighted by Crippen LogP contribution is -2.42. The molecule has 0 amide bonds. The smallest absolute Gasteiger partial charge is 0.334 e. The highest BCUT2D eigenvalue weighted by atomic mass is 16.6. The molecule has 0 unspecified atom stereocenters. The molecule has 1 saturated heterocycles. The van der Waals surface area contributed by atoms with Crippen LogP contribution in [0.3, 0.4) is 0 Å². The second-order valence-electron chi connectivity index (χ2n) is 8.13. The van der Waals surface area contributed by atoms with Gasteiger partial charge in [0.05, 0.1) is 12.5 Å². The Hall–Kier alpha value is -2.15. The normalized spacial score (nSPS) is 24.5. The summed E-state index contributed by atoms with van der Waals surface area (Å²) in [6.45, 7) is 15.9. The summed E-state index contributed by atoms with van der Waals surface area (Å²) < 4.78 is 16.4. The topological polar surface area (TPSA) is 82.1 Å². The van der Waals surface area contributed by atoms with E-state index < -0.39 is 12.1 Å². The number of esters is 3. The Morgan fingerprint density at radius 3 is 2.47 bits per heavy atom. The number of nitrogens with zero attached hydrogens (tertiary/aromatic N) is 1. The van der Waals surface area contributed by atoms with Crippen LogP contribution in [0, 0.1) is 11.8 Å². The van der Waals surface area contributed by atoms with Crippen LogP contribution in [0.25, 0.3) is 0 Å². The zero-order valence-electron chi connectivity index (χ0n) is 18.9. The minimum Gasteiger partial charge on any atom is -0.466 e. The Balaban J connectivity index is 2.38. The van der Waals surface area contributed by atoms with Gasteiger partial charge in [-0.05, 0) is 43.0 Å². The molecule has 0 aromatic rings. The highest BCUT2D eigenvalue weighted by Gasteiger charge is 2.50. The standard InChI is InChI=1S/C23H35NO6/c1-7-24(8-2)13-18-12-19-21(15(4)23(27)30-19)22(29-17(6)26)20(18)14(3)10-9-11-28-16(5)25/h14,19,21-22H,4,7-13H2,1-3,5-6H3/t14-,19+,21+,22+/m0/s1. The summed E-state index contributed by atoms with van der Waals surface area (Å²) >= 11 is 0. The number of fused-ring (bicyclic) bond motifs is 1. The van der Waals surface area contributed by atoms with Crippen molar-refractivity contribution in [1.82, 2.24) is 4.90 Å². The molecule has 168 valence electrons. The molecule has 0 spiro atoms. The van der Waals surface area contributed by atoms with Crippen LogP contribution in [0.1, 0.15) is 53.9 Å². The fourth-order valence-corrected chi connectivity index (χ4v) is 4.53. The molecule has 0 aromatic carbocycles. The van der Waals surface area contributed by atoms with Gasteiger partial charge in [0.15, 0.2) is 0 Å². The Kier molecular flexibility index (Phi) is 8.65. The van der Waals surface area contributed by atoms with Crippen LogP contribution < -0.4 is 0 Å². The first kappa shape index (κ1) is 24.1. The van der Waals surface area contributed by atoms with Crippen molar-refractivity contribution in [1.29, 1.82) is 0 Å². The molecule has 2 aliphatic rings. The average molecular weight is 422 g/mol. The van der Waals surface area contributed by atoms with Crippen molar-refractivity contribution < 1.29 is 28.6 Å². The molecule has 0 N–H and O–H groups in total. The number of hydrogen-bond acceptors (Lipinski definition) is 7. The summed E-state index contributed by atoms with van der Waals surface area (Å²) in [6.07, 6.45) is 1.19. The van der Waals surface area contributed by atoms with Gasteiger partial charge >= 0.3 is 17.9 Å². The SMILES string of the molecule is C=C1C(=O)O[C@@H]2CC(CN(CC)CC)=C([C@@H](C)CCCOC(C)=O)[C@@H](OC(C)=O)[C@H]12. The van der Waals surface area contributed by atoms with Gasteiger partial charge < -0.3 is 14.2 Å². The minimum atomic E-state index is -0.561. The van der Waals surface area contributed by atoms with Gasteiger partial charge in [-0.15, -0.1) is 0 Å². The lowest BCUT2D eigenvalue weighted by molar-refractivity contribution is -0.149. The highest BCUT2D eigenvalue weighted by molar-refractivity contribution is 5.91. The fraction of sp³-hybridized carbons (Fsp3) is 0.696. The van der Waals surface area contributed by atoms with Gasteiger partial charge in [0, 0.05) is 32.4 Å². The van der Waals surface area contributed by atoms with E-state index in [4.69, 9.17) is 14.2 Å². The number of rotatable bonds is 10. The minimum absolute atomic E-state index is 0.0972. The molecule has 1 aliphatic heterocycles. The van der Waals surface area contributed by atoms with E-state index in [9.17, 15) is 14.4 Å². The molecule has 1 heterocycles. The predicted molar refractivity (Wildman–Crippen MR) is 113 cm³/mol. The quantitative estimate of drug-likeness (QED) is 0.176. The van der Waals surface area contributed by atoms with Gasteiger partial charge in [0.2, 0.25) is 0 Å². The summed E-state index contributed by atoms with van der Waals surface area (Å²) in [7, 11) is 0. The molecule has 2 rings (SSSR count). The first-order valence-corrected chi connectivity index (χ1v) is 10.8. The molecule has 0 radical (unpaired) electrons. The van der Waals surface area contributed by atoms with Crippen molar-refractivity contribution in [2.75, 3.05) is 26.2 Å². The molecule has 0 saturated carbocycles. The summed E-state index contributed by atoms with van der Waals surface area (Å²) in [4.78, 5) is 37.5. The third-order valence-corrected chi connectivity index (χ3v) is 6.03. The van der Waals surface area contributed by atoms with Crippen LogP contribution in [-0.2, 0) is 28.6 Å². The monoisotopic (exact) mass is 421 g/mol. The van der Waals surface area contributed by atoms with Crippen LogP contribution in [0.15, 0.2) is 23.3 Å². The lowest BCUT2D eigenvalue weighted by atomic mass is 9.72. The van der Waals surface area contributed by atoms with Gasteiger partial charge in [-0.3, -0.25) is 14.5 Å². The summed E-state index contributed by atoms with van der Waals surface area (Å²) in [5, 5.41) is 0. The van der Waals surface area contributed by atoms with Gasteiger partial charge in [-0.25, -0.2) is 4.79 Å². The first-order chi connectivity index (χ1) is 14.2. The zero-order chi connectivity index (χ0) is 22.4. The summed E-state index contributed by atoms with van der Waals surface area (Å²) in [5.74, 6) is -1.35. The maximum Gasteiger partial charge on any atom is 0.334 e. The van der Waals surface area contributed by atoms with Crippen molar-refractivity contribution in [2.45, 2.75) is 66.1 Å². The van der Waals surface area contributed by atoms with Crippen LogP contribution >= 0.6 is 0 Å². The number of ether oxygens (including phenoxy) is 3. The van der Waals surface area contributed by atoms with E-state index in [2.05, 4.69) is 32.3 Å². The van der Waals surface area contributed by atoms with E-state index in [-0.39, 0.29) is 29.9 Å². The molecular weight excluding hydrogens is 386 g/mol. The van der Waals surface area contributed by atoms with Crippen molar-refractivity contribution in [3.05, 3.63) is 23.3 Å². The third kappa shape index (κ3) is 5.72. The first-order valence-electron chi connectivity index (χ1n) is 10.8. The van der Waals surface area contributed by atoms with Crippen LogP contribution in [0.2, 0.25) is 0 Å². The highest BCUT2D eigenvalue weighted by Crippen LogP contribution is 2.45. The van der Waals surface area contributed by atoms with Crippen LogP contribution in [-0.4, -0.2) is 61.3 Å². The maximum absolute atomic E-state index is 12.2. The molecular formula is C23H35NO6. The molecule has 7 heteroatoms. The lowest BCUT2D eigenvalue weighted by Gasteiger charge is -2.39.